The third kappa shape index (κ3) is 18.7. The highest BCUT2D eigenvalue weighted by Crippen LogP contribution is 2.30. The third-order valence-electron chi connectivity index (χ3n) is 7.09. The SMILES string of the molecule is CCCCCCCCCCCCCCCCOC(=O)C(C)(CC)CCCCCCCC. The minimum Gasteiger partial charge on any atom is -0.465 e. The van der Waals surface area contributed by atoms with Gasteiger partial charge >= 0.3 is 5.97 Å². The Labute approximate surface area is 196 Å². The number of ether oxygens (including phenoxy) is 1. The van der Waals surface area contributed by atoms with Crippen LogP contribution in [0.4, 0.5) is 0 Å². The van der Waals surface area contributed by atoms with Gasteiger partial charge in [-0.1, -0.05) is 143 Å². The average molecular weight is 439 g/mol. The van der Waals surface area contributed by atoms with E-state index in [9.17, 15) is 4.79 Å². The van der Waals surface area contributed by atoms with E-state index in [1.807, 2.05) is 0 Å². The first-order chi connectivity index (χ1) is 15.1. The molecule has 0 saturated carbocycles. The van der Waals surface area contributed by atoms with E-state index in [0.29, 0.717) is 6.61 Å². The quantitative estimate of drug-likeness (QED) is 0.111. The van der Waals surface area contributed by atoms with Crippen molar-refractivity contribution in [2.45, 2.75) is 169 Å². The fraction of sp³-hybridized carbons (Fsp3) is 0.966. The van der Waals surface area contributed by atoms with Crippen LogP contribution in [0, 0.1) is 5.41 Å². The Morgan fingerprint density at radius 2 is 0.903 bits per heavy atom. The maximum absolute atomic E-state index is 12.6. The molecule has 186 valence electrons. The number of rotatable bonds is 24. The standard InChI is InChI=1S/C29H58O2/c1-5-8-10-12-14-15-16-17-18-19-20-21-23-25-27-31-28(30)29(4,7-3)26-24-22-13-11-9-6-2/h5-27H2,1-4H3. The monoisotopic (exact) mass is 438 g/mol. The lowest BCUT2D eigenvalue weighted by atomic mass is 9.82. The van der Waals surface area contributed by atoms with E-state index in [1.54, 1.807) is 0 Å². The molecule has 0 aromatic carbocycles. The Hall–Kier alpha value is -0.530. The highest BCUT2D eigenvalue weighted by atomic mass is 16.5. The van der Waals surface area contributed by atoms with Gasteiger partial charge in [-0.2, -0.15) is 0 Å². The first-order valence-electron chi connectivity index (χ1n) is 14.3. The molecule has 0 aromatic rings. The van der Waals surface area contributed by atoms with Gasteiger partial charge in [0.05, 0.1) is 12.0 Å². The van der Waals surface area contributed by atoms with E-state index in [1.165, 1.54) is 116 Å². The Morgan fingerprint density at radius 3 is 1.29 bits per heavy atom. The van der Waals surface area contributed by atoms with Crippen LogP contribution in [0.2, 0.25) is 0 Å². The maximum atomic E-state index is 12.6. The summed E-state index contributed by atoms with van der Waals surface area (Å²) in [6, 6.07) is 0. The number of hydrogen-bond acceptors (Lipinski definition) is 2. The molecular formula is C29H58O2. The predicted octanol–water partition coefficient (Wildman–Crippen LogP) is 10.2. The summed E-state index contributed by atoms with van der Waals surface area (Å²) in [7, 11) is 0. The van der Waals surface area contributed by atoms with Gasteiger partial charge in [-0.15, -0.1) is 0 Å². The molecule has 0 N–H and O–H groups in total. The summed E-state index contributed by atoms with van der Waals surface area (Å²) in [6.07, 6.45) is 28.5. The highest BCUT2D eigenvalue weighted by molar-refractivity contribution is 5.76. The summed E-state index contributed by atoms with van der Waals surface area (Å²) in [5, 5.41) is 0. The van der Waals surface area contributed by atoms with E-state index in [2.05, 4.69) is 27.7 Å². The fourth-order valence-electron chi connectivity index (χ4n) is 4.35. The second kappa shape index (κ2) is 22.7. The van der Waals surface area contributed by atoms with Crippen LogP contribution < -0.4 is 0 Å². The zero-order valence-electron chi connectivity index (χ0n) is 22.1. The van der Waals surface area contributed by atoms with Gasteiger partial charge in [-0.25, -0.2) is 0 Å². The lowest BCUT2D eigenvalue weighted by molar-refractivity contribution is -0.155. The van der Waals surface area contributed by atoms with E-state index in [4.69, 9.17) is 4.74 Å². The van der Waals surface area contributed by atoms with Crippen LogP contribution in [-0.4, -0.2) is 12.6 Å². The molecule has 1 unspecified atom stereocenters. The lowest BCUT2D eigenvalue weighted by Crippen LogP contribution is -2.29. The number of unbranched alkanes of at least 4 members (excludes halogenated alkanes) is 18. The molecule has 0 fully saturated rings. The Bertz CT molecular complexity index is 379. The molecule has 0 heterocycles. The van der Waals surface area contributed by atoms with Crippen LogP contribution in [0.5, 0.6) is 0 Å². The zero-order valence-corrected chi connectivity index (χ0v) is 22.1. The fourth-order valence-corrected chi connectivity index (χ4v) is 4.35. The van der Waals surface area contributed by atoms with Gasteiger partial charge in [0.2, 0.25) is 0 Å². The van der Waals surface area contributed by atoms with Gasteiger partial charge in [0.25, 0.3) is 0 Å². The van der Waals surface area contributed by atoms with E-state index in [0.717, 1.165) is 25.7 Å². The van der Waals surface area contributed by atoms with Gasteiger partial charge in [0, 0.05) is 0 Å². The second-order valence-electron chi connectivity index (χ2n) is 10.2. The van der Waals surface area contributed by atoms with E-state index in [-0.39, 0.29) is 11.4 Å². The van der Waals surface area contributed by atoms with Crippen molar-refractivity contribution in [3.8, 4) is 0 Å². The Balaban J connectivity index is 3.53. The summed E-state index contributed by atoms with van der Waals surface area (Å²) in [6.45, 7) is 9.38. The predicted molar refractivity (Wildman–Crippen MR) is 138 cm³/mol. The molecule has 1 atom stereocenters. The van der Waals surface area contributed by atoms with E-state index >= 15 is 0 Å². The van der Waals surface area contributed by atoms with Crippen molar-refractivity contribution in [2.24, 2.45) is 5.41 Å². The van der Waals surface area contributed by atoms with Gasteiger partial charge in [0.15, 0.2) is 0 Å². The Morgan fingerprint density at radius 1 is 0.548 bits per heavy atom. The highest BCUT2D eigenvalue weighted by Gasteiger charge is 2.32. The number of esters is 1. The average Bonchev–Trinajstić information content (AvgIpc) is 2.78. The van der Waals surface area contributed by atoms with Crippen LogP contribution in [0.3, 0.4) is 0 Å². The zero-order chi connectivity index (χ0) is 23.0. The molecule has 0 aromatic heterocycles. The molecule has 0 aliphatic heterocycles. The molecule has 0 radical (unpaired) electrons. The summed E-state index contributed by atoms with van der Waals surface area (Å²) in [4.78, 5) is 12.6. The molecule has 2 nitrogen and oxygen atoms in total. The molecular weight excluding hydrogens is 380 g/mol. The molecule has 31 heavy (non-hydrogen) atoms. The van der Waals surface area contributed by atoms with E-state index < -0.39 is 0 Å². The van der Waals surface area contributed by atoms with Gasteiger partial charge < -0.3 is 4.74 Å². The number of carbonyl (C=O) groups is 1. The molecule has 0 amide bonds. The van der Waals surface area contributed by atoms with Crippen molar-refractivity contribution in [1.29, 1.82) is 0 Å². The van der Waals surface area contributed by atoms with Crippen LogP contribution >= 0.6 is 0 Å². The molecule has 0 bridgehead atoms. The summed E-state index contributed by atoms with van der Waals surface area (Å²) in [5.41, 5.74) is -0.277. The van der Waals surface area contributed by atoms with Crippen LogP contribution in [0.1, 0.15) is 169 Å². The minimum absolute atomic E-state index is 0.0400. The molecule has 0 saturated heterocycles. The van der Waals surface area contributed by atoms with Crippen LogP contribution in [0.15, 0.2) is 0 Å². The van der Waals surface area contributed by atoms with Crippen molar-refractivity contribution in [3.63, 3.8) is 0 Å². The summed E-state index contributed by atoms with van der Waals surface area (Å²) in [5.74, 6) is 0.0400. The normalized spacial score (nSPS) is 13.3. The molecule has 0 aliphatic rings. The minimum atomic E-state index is -0.277. The third-order valence-corrected chi connectivity index (χ3v) is 7.09. The summed E-state index contributed by atoms with van der Waals surface area (Å²) >= 11 is 0. The second-order valence-corrected chi connectivity index (χ2v) is 10.2. The van der Waals surface area contributed by atoms with Crippen molar-refractivity contribution in [2.75, 3.05) is 6.61 Å². The van der Waals surface area contributed by atoms with Crippen molar-refractivity contribution < 1.29 is 9.53 Å². The molecule has 0 aliphatic carbocycles. The van der Waals surface area contributed by atoms with Gasteiger partial charge in [-0.3, -0.25) is 4.79 Å². The maximum Gasteiger partial charge on any atom is 0.311 e. The smallest absolute Gasteiger partial charge is 0.311 e. The Kier molecular flexibility index (Phi) is 22.3. The lowest BCUT2D eigenvalue weighted by Gasteiger charge is -2.26. The van der Waals surface area contributed by atoms with Crippen molar-refractivity contribution in [1.82, 2.24) is 0 Å². The first-order valence-corrected chi connectivity index (χ1v) is 14.3. The largest absolute Gasteiger partial charge is 0.465 e. The first kappa shape index (κ1) is 30.5. The molecule has 2 heteroatoms. The molecule has 0 spiro atoms. The van der Waals surface area contributed by atoms with Crippen molar-refractivity contribution >= 4 is 5.97 Å². The van der Waals surface area contributed by atoms with Gasteiger partial charge in [-0.05, 0) is 26.2 Å². The topological polar surface area (TPSA) is 26.3 Å². The number of hydrogen-bond donors (Lipinski definition) is 0. The van der Waals surface area contributed by atoms with Crippen LogP contribution in [-0.2, 0) is 9.53 Å². The van der Waals surface area contributed by atoms with Crippen LogP contribution in [0.25, 0.3) is 0 Å². The van der Waals surface area contributed by atoms with Gasteiger partial charge in [0.1, 0.15) is 0 Å². The van der Waals surface area contributed by atoms with Crippen molar-refractivity contribution in [3.05, 3.63) is 0 Å². The molecule has 0 rings (SSSR count). The number of carbonyl (C=O) groups excluding carboxylic acids is 1. The summed E-state index contributed by atoms with van der Waals surface area (Å²) < 4.78 is 5.66.